The Kier molecular flexibility index (Phi) is 6.11. The fourth-order valence-corrected chi connectivity index (χ4v) is 1.91. The topological polar surface area (TPSA) is 29.1 Å². The molecule has 0 heterocycles. The summed E-state index contributed by atoms with van der Waals surface area (Å²) >= 11 is 0. The lowest BCUT2D eigenvalue weighted by Gasteiger charge is -2.16. The van der Waals surface area contributed by atoms with Gasteiger partial charge in [-0.15, -0.1) is 0 Å². The lowest BCUT2D eigenvalue weighted by atomic mass is 9.98. The Hall–Kier alpha value is -1.66. The van der Waals surface area contributed by atoms with Gasteiger partial charge in [0.25, 0.3) is 0 Å². The molecule has 0 aliphatic carbocycles. The lowest BCUT2D eigenvalue weighted by molar-refractivity contribution is -0.120. The lowest BCUT2D eigenvalue weighted by Crippen LogP contribution is -2.24. The van der Waals surface area contributed by atoms with Gasteiger partial charge in [0.15, 0.2) is 23.3 Å². The van der Waals surface area contributed by atoms with Crippen molar-refractivity contribution in [3.63, 3.8) is 0 Å². The molecule has 0 radical (unpaired) electrons. The zero-order chi connectivity index (χ0) is 16.2. The number of hydrogen-bond acceptors (Lipinski definition) is 1. The SMILES string of the molecule is CCCCC(CC)C(=O)Nc1c(F)c(F)c(F)c(F)c1F. The van der Waals surface area contributed by atoms with Gasteiger partial charge in [-0.3, -0.25) is 4.79 Å². The van der Waals surface area contributed by atoms with Crippen LogP contribution in [0.5, 0.6) is 0 Å². The van der Waals surface area contributed by atoms with E-state index in [0.717, 1.165) is 12.8 Å². The van der Waals surface area contributed by atoms with Gasteiger partial charge in [0.2, 0.25) is 11.7 Å². The molecule has 1 unspecified atom stereocenters. The fourth-order valence-electron chi connectivity index (χ4n) is 1.91. The molecule has 0 saturated carbocycles. The van der Waals surface area contributed by atoms with Gasteiger partial charge in [-0.05, 0) is 12.8 Å². The molecule has 2 nitrogen and oxygen atoms in total. The van der Waals surface area contributed by atoms with Crippen molar-refractivity contribution in [2.75, 3.05) is 5.32 Å². The highest BCUT2D eigenvalue weighted by molar-refractivity contribution is 5.92. The molecule has 0 aliphatic rings. The van der Waals surface area contributed by atoms with Crippen LogP contribution < -0.4 is 5.32 Å². The third-order valence-corrected chi connectivity index (χ3v) is 3.23. The largest absolute Gasteiger partial charge is 0.321 e. The number of carbonyl (C=O) groups is 1. The van der Waals surface area contributed by atoms with Gasteiger partial charge in [0.05, 0.1) is 0 Å². The normalized spacial score (nSPS) is 12.3. The van der Waals surface area contributed by atoms with Crippen LogP contribution in [0.4, 0.5) is 27.6 Å². The molecular weight excluding hydrogens is 293 g/mol. The van der Waals surface area contributed by atoms with Crippen LogP contribution in [0.2, 0.25) is 0 Å². The Morgan fingerprint density at radius 2 is 1.43 bits per heavy atom. The van der Waals surface area contributed by atoms with E-state index in [4.69, 9.17) is 0 Å². The molecule has 0 saturated heterocycles. The second kappa shape index (κ2) is 7.38. The first-order valence-corrected chi connectivity index (χ1v) is 6.67. The molecule has 1 rings (SSSR count). The van der Waals surface area contributed by atoms with Gasteiger partial charge < -0.3 is 5.32 Å². The molecule has 7 heteroatoms. The van der Waals surface area contributed by atoms with Crippen molar-refractivity contribution in [2.24, 2.45) is 5.92 Å². The molecule has 1 atom stereocenters. The fraction of sp³-hybridized carbons (Fsp3) is 0.500. The minimum atomic E-state index is -2.25. The van der Waals surface area contributed by atoms with Crippen molar-refractivity contribution in [3.05, 3.63) is 29.1 Å². The molecule has 1 aromatic carbocycles. The highest BCUT2D eigenvalue weighted by Crippen LogP contribution is 2.28. The van der Waals surface area contributed by atoms with Crippen molar-refractivity contribution in [2.45, 2.75) is 39.5 Å². The monoisotopic (exact) mass is 309 g/mol. The number of carbonyl (C=O) groups excluding carboxylic acids is 1. The Morgan fingerprint density at radius 3 is 1.86 bits per heavy atom. The number of hydrogen-bond donors (Lipinski definition) is 1. The van der Waals surface area contributed by atoms with Crippen LogP contribution in [0.1, 0.15) is 39.5 Å². The van der Waals surface area contributed by atoms with Gasteiger partial charge >= 0.3 is 0 Å². The van der Waals surface area contributed by atoms with Gasteiger partial charge in [-0.2, -0.15) is 0 Å². The minimum absolute atomic E-state index is 0.404. The third kappa shape index (κ3) is 3.71. The van der Waals surface area contributed by atoms with E-state index in [-0.39, 0.29) is 0 Å². The summed E-state index contributed by atoms with van der Waals surface area (Å²) in [4.78, 5) is 11.9. The summed E-state index contributed by atoms with van der Waals surface area (Å²) in [5.74, 6) is -11.8. The van der Waals surface area contributed by atoms with Crippen LogP contribution in [-0.4, -0.2) is 5.91 Å². The molecule has 21 heavy (non-hydrogen) atoms. The van der Waals surface area contributed by atoms with E-state index in [9.17, 15) is 26.7 Å². The van der Waals surface area contributed by atoms with E-state index in [0.29, 0.717) is 12.8 Å². The molecular formula is C14H16F5NO. The standard InChI is InChI=1S/C14H16F5NO/c1-3-5-6-7(4-2)14(21)20-13-11(18)9(16)8(15)10(17)12(13)19/h7H,3-6H2,1-2H3,(H,20,21). The number of benzene rings is 1. The molecule has 0 spiro atoms. The third-order valence-electron chi connectivity index (χ3n) is 3.23. The Morgan fingerprint density at radius 1 is 0.952 bits per heavy atom. The summed E-state index contributed by atoms with van der Waals surface area (Å²) < 4.78 is 65.8. The molecule has 1 aromatic rings. The molecule has 0 fully saturated rings. The van der Waals surface area contributed by atoms with E-state index in [1.54, 1.807) is 6.92 Å². The average molecular weight is 309 g/mol. The van der Waals surface area contributed by atoms with Crippen LogP contribution in [0.15, 0.2) is 0 Å². The van der Waals surface area contributed by atoms with E-state index in [1.165, 1.54) is 0 Å². The average Bonchev–Trinajstić information content (AvgIpc) is 2.48. The van der Waals surface area contributed by atoms with Crippen LogP contribution in [-0.2, 0) is 4.79 Å². The maximum absolute atomic E-state index is 13.4. The van der Waals surface area contributed by atoms with Crippen LogP contribution in [0.25, 0.3) is 0 Å². The second-order valence-corrected chi connectivity index (χ2v) is 4.68. The predicted molar refractivity (Wildman–Crippen MR) is 68.2 cm³/mol. The predicted octanol–water partition coefficient (Wildman–Crippen LogP) is 4.54. The van der Waals surface area contributed by atoms with Gasteiger partial charge in [-0.1, -0.05) is 26.7 Å². The number of nitrogens with one attached hydrogen (secondary N) is 1. The number of anilines is 1. The first kappa shape index (κ1) is 17.4. The van der Waals surface area contributed by atoms with E-state index >= 15 is 0 Å². The Balaban J connectivity index is 3.05. The Labute approximate surface area is 119 Å². The molecule has 1 N–H and O–H groups in total. The van der Waals surface area contributed by atoms with E-state index in [2.05, 4.69) is 0 Å². The molecule has 0 aromatic heterocycles. The summed E-state index contributed by atoms with van der Waals surface area (Å²) in [5, 5.41) is 1.81. The van der Waals surface area contributed by atoms with Crippen molar-refractivity contribution in [1.82, 2.24) is 0 Å². The molecule has 118 valence electrons. The van der Waals surface area contributed by atoms with Crippen molar-refractivity contribution < 1.29 is 26.7 Å². The smallest absolute Gasteiger partial charge is 0.227 e. The van der Waals surface area contributed by atoms with Gasteiger partial charge in [0, 0.05) is 5.92 Å². The Bertz CT molecular complexity index is 504. The van der Waals surface area contributed by atoms with Crippen molar-refractivity contribution in [1.29, 1.82) is 0 Å². The molecule has 1 amide bonds. The van der Waals surface area contributed by atoms with Gasteiger partial charge in [0.1, 0.15) is 5.69 Å². The van der Waals surface area contributed by atoms with Crippen LogP contribution >= 0.6 is 0 Å². The highest BCUT2D eigenvalue weighted by Gasteiger charge is 2.28. The number of halogens is 5. The van der Waals surface area contributed by atoms with Crippen LogP contribution in [0.3, 0.4) is 0 Å². The van der Waals surface area contributed by atoms with E-state index in [1.807, 2.05) is 12.2 Å². The highest BCUT2D eigenvalue weighted by atomic mass is 19.2. The molecule has 0 aliphatic heterocycles. The first-order chi connectivity index (χ1) is 9.84. The summed E-state index contributed by atoms with van der Waals surface area (Å²) in [7, 11) is 0. The quantitative estimate of drug-likeness (QED) is 0.466. The summed E-state index contributed by atoms with van der Waals surface area (Å²) in [6.07, 6.45) is 2.44. The maximum Gasteiger partial charge on any atom is 0.227 e. The first-order valence-electron chi connectivity index (χ1n) is 6.67. The maximum atomic E-state index is 13.4. The van der Waals surface area contributed by atoms with Crippen molar-refractivity contribution >= 4 is 11.6 Å². The second-order valence-electron chi connectivity index (χ2n) is 4.68. The number of unbranched alkanes of at least 4 members (excludes halogenated alkanes) is 1. The van der Waals surface area contributed by atoms with E-state index < -0.39 is 46.6 Å². The molecule has 0 bridgehead atoms. The number of amides is 1. The summed E-state index contributed by atoms with van der Waals surface area (Å²) in [6.45, 7) is 3.62. The summed E-state index contributed by atoms with van der Waals surface area (Å²) in [6, 6.07) is 0. The summed E-state index contributed by atoms with van der Waals surface area (Å²) in [5.41, 5.74) is -1.30. The van der Waals surface area contributed by atoms with Gasteiger partial charge in [-0.25, -0.2) is 22.0 Å². The zero-order valence-corrected chi connectivity index (χ0v) is 11.7. The number of rotatable bonds is 6. The zero-order valence-electron chi connectivity index (χ0n) is 11.7. The van der Waals surface area contributed by atoms with Crippen molar-refractivity contribution in [3.8, 4) is 0 Å². The van der Waals surface area contributed by atoms with Crippen LogP contribution in [0, 0.1) is 35.0 Å². The minimum Gasteiger partial charge on any atom is -0.321 e.